The molecular formula is C23H23N3O4. The van der Waals surface area contributed by atoms with E-state index in [0.717, 1.165) is 35.2 Å². The molecule has 7 nitrogen and oxygen atoms in total. The van der Waals surface area contributed by atoms with Crippen LogP contribution in [-0.4, -0.2) is 36.0 Å². The minimum absolute atomic E-state index is 0.00890. The summed E-state index contributed by atoms with van der Waals surface area (Å²) in [6.45, 7) is 1.31. The SMILES string of the molecule is COc1cccc(CC(=O)N2CCCCN2c2ccc([N+](=O)[O-])c3ccccc23)c1. The number of nitro benzene ring substituents is 1. The van der Waals surface area contributed by atoms with Crippen molar-refractivity contribution in [1.82, 2.24) is 5.01 Å². The molecule has 1 aliphatic rings. The van der Waals surface area contributed by atoms with Crippen molar-refractivity contribution in [2.24, 2.45) is 0 Å². The topological polar surface area (TPSA) is 75.9 Å². The Morgan fingerprint density at radius 1 is 1.03 bits per heavy atom. The number of rotatable bonds is 5. The number of hydrogen-bond donors (Lipinski definition) is 0. The number of methoxy groups -OCH3 is 1. The van der Waals surface area contributed by atoms with Crippen LogP contribution in [0.25, 0.3) is 10.8 Å². The first-order valence-corrected chi connectivity index (χ1v) is 9.95. The van der Waals surface area contributed by atoms with Gasteiger partial charge < -0.3 is 4.74 Å². The molecule has 7 heteroatoms. The maximum atomic E-state index is 13.2. The van der Waals surface area contributed by atoms with Gasteiger partial charge in [-0.25, -0.2) is 0 Å². The van der Waals surface area contributed by atoms with Gasteiger partial charge in [0.25, 0.3) is 5.69 Å². The van der Waals surface area contributed by atoms with Gasteiger partial charge in [0.15, 0.2) is 0 Å². The average Bonchev–Trinajstić information content (AvgIpc) is 2.78. The van der Waals surface area contributed by atoms with Crippen LogP contribution in [-0.2, 0) is 11.2 Å². The number of nitro groups is 1. The number of amides is 1. The summed E-state index contributed by atoms with van der Waals surface area (Å²) in [5, 5.41) is 16.5. The maximum absolute atomic E-state index is 13.2. The van der Waals surface area contributed by atoms with E-state index in [4.69, 9.17) is 4.74 Å². The summed E-state index contributed by atoms with van der Waals surface area (Å²) in [6, 6.07) is 18.1. The highest BCUT2D eigenvalue weighted by Gasteiger charge is 2.27. The summed E-state index contributed by atoms with van der Waals surface area (Å²) in [7, 11) is 1.60. The van der Waals surface area contributed by atoms with E-state index in [1.54, 1.807) is 30.3 Å². The van der Waals surface area contributed by atoms with Gasteiger partial charge in [-0.15, -0.1) is 0 Å². The minimum atomic E-state index is -0.367. The molecule has 0 unspecified atom stereocenters. The number of hydrazine groups is 1. The first kappa shape index (κ1) is 19.7. The lowest BCUT2D eigenvalue weighted by molar-refractivity contribution is -0.383. The van der Waals surface area contributed by atoms with Crippen LogP contribution < -0.4 is 9.75 Å². The summed E-state index contributed by atoms with van der Waals surface area (Å²) < 4.78 is 5.26. The van der Waals surface area contributed by atoms with Crippen molar-refractivity contribution in [2.75, 3.05) is 25.2 Å². The standard InChI is InChI=1S/C23H23N3O4/c1-30-18-8-6-7-17(15-18)16-23(27)25-14-5-4-13-24(25)21-11-12-22(26(28)29)20-10-3-2-9-19(20)21/h2-3,6-12,15H,4-5,13-14,16H2,1H3. The molecular weight excluding hydrogens is 382 g/mol. The lowest BCUT2D eigenvalue weighted by atomic mass is 10.1. The Hall–Kier alpha value is -3.61. The normalized spacial score (nSPS) is 14.0. The molecule has 30 heavy (non-hydrogen) atoms. The molecule has 3 aromatic rings. The van der Waals surface area contributed by atoms with Crippen LogP contribution in [0.4, 0.5) is 11.4 Å². The fourth-order valence-electron chi connectivity index (χ4n) is 3.97. The number of hydrogen-bond acceptors (Lipinski definition) is 5. The van der Waals surface area contributed by atoms with Crippen molar-refractivity contribution in [2.45, 2.75) is 19.3 Å². The van der Waals surface area contributed by atoms with E-state index in [-0.39, 0.29) is 22.9 Å². The molecule has 0 atom stereocenters. The number of non-ortho nitro benzene ring substituents is 1. The largest absolute Gasteiger partial charge is 0.497 e. The third-order valence-corrected chi connectivity index (χ3v) is 5.41. The van der Waals surface area contributed by atoms with Crippen LogP contribution in [0.2, 0.25) is 0 Å². The first-order valence-electron chi connectivity index (χ1n) is 9.95. The summed E-state index contributed by atoms with van der Waals surface area (Å²) in [6.07, 6.45) is 2.14. The van der Waals surface area contributed by atoms with Crippen molar-refractivity contribution in [3.05, 3.63) is 76.3 Å². The van der Waals surface area contributed by atoms with Crippen molar-refractivity contribution in [3.8, 4) is 5.75 Å². The average molecular weight is 405 g/mol. The summed E-state index contributed by atoms with van der Waals surface area (Å²) in [5.41, 5.74) is 1.77. The van der Waals surface area contributed by atoms with Crippen LogP contribution >= 0.6 is 0 Å². The van der Waals surface area contributed by atoms with Gasteiger partial charge in [-0.3, -0.25) is 24.9 Å². The van der Waals surface area contributed by atoms with Crippen LogP contribution in [0.3, 0.4) is 0 Å². The molecule has 4 rings (SSSR count). The smallest absolute Gasteiger partial charge is 0.277 e. The van der Waals surface area contributed by atoms with Gasteiger partial charge in [0.1, 0.15) is 5.75 Å². The predicted octanol–water partition coefficient (Wildman–Crippen LogP) is 4.34. The number of anilines is 1. The highest BCUT2D eigenvalue weighted by atomic mass is 16.6. The zero-order valence-electron chi connectivity index (χ0n) is 16.8. The van der Waals surface area contributed by atoms with Crippen molar-refractivity contribution in [1.29, 1.82) is 0 Å². The molecule has 0 spiro atoms. The first-order chi connectivity index (χ1) is 14.6. The van der Waals surface area contributed by atoms with E-state index in [9.17, 15) is 14.9 Å². The second-order valence-electron chi connectivity index (χ2n) is 7.28. The Bertz CT molecular complexity index is 1100. The Morgan fingerprint density at radius 2 is 1.80 bits per heavy atom. The lowest BCUT2D eigenvalue weighted by Gasteiger charge is -2.40. The third kappa shape index (κ3) is 3.78. The Labute approximate surface area is 174 Å². The number of nitrogens with zero attached hydrogens (tertiary/aromatic N) is 3. The molecule has 0 N–H and O–H groups in total. The summed E-state index contributed by atoms with van der Waals surface area (Å²) in [5.74, 6) is 0.711. The molecule has 154 valence electrons. The molecule has 1 heterocycles. The van der Waals surface area contributed by atoms with E-state index >= 15 is 0 Å². The number of carbonyl (C=O) groups excluding carboxylic acids is 1. The van der Waals surface area contributed by atoms with Crippen molar-refractivity contribution < 1.29 is 14.5 Å². The predicted molar refractivity (Wildman–Crippen MR) is 116 cm³/mol. The molecule has 1 amide bonds. The monoisotopic (exact) mass is 405 g/mol. The van der Waals surface area contributed by atoms with Gasteiger partial charge in [-0.2, -0.15) is 0 Å². The van der Waals surface area contributed by atoms with Crippen molar-refractivity contribution >= 4 is 28.1 Å². The fraction of sp³-hybridized carbons (Fsp3) is 0.261. The summed E-state index contributed by atoms with van der Waals surface area (Å²) >= 11 is 0. The highest BCUT2D eigenvalue weighted by Crippen LogP contribution is 2.35. The van der Waals surface area contributed by atoms with Gasteiger partial charge in [-0.05, 0) is 42.7 Å². The van der Waals surface area contributed by atoms with Crippen LogP contribution in [0, 0.1) is 10.1 Å². The fourth-order valence-corrected chi connectivity index (χ4v) is 3.97. The Balaban J connectivity index is 1.68. The molecule has 0 radical (unpaired) electrons. The minimum Gasteiger partial charge on any atom is -0.497 e. The van der Waals surface area contributed by atoms with Gasteiger partial charge in [0.2, 0.25) is 5.91 Å². The third-order valence-electron chi connectivity index (χ3n) is 5.41. The molecule has 1 fully saturated rings. The second-order valence-corrected chi connectivity index (χ2v) is 7.28. The second kappa shape index (κ2) is 8.41. The van der Waals surface area contributed by atoms with E-state index in [1.165, 1.54) is 6.07 Å². The lowest BCUT2D eigenvalue weighted by Crippen LogP contribution is -2.51. The van der Waals surface area contributed by atoms with E-state index in [0.29, 0.717) is 18.5 Å². The number of carbonyl (C=O) groups is 1. The van der Waals surface area contributed by atoms with Gasteiger partial charge in [0, 0.05) is 24.5 Å². The number of ether oxygens (including phenoxy) is 1. The number of benzene rings is 3. The van der Waals surface area contributed by atoms with Crippen LogP contribution in [0.1, 0.15) is 18.4 Å². The molecule has 0 aliphatic carbocycles. The molecule has 0 saturated carbocycles. The molecule has 1 aliphatic heterocycles. The quantitative estimate of drug-likeness (QED) is 0.466. The molecule has 0 bridgehead atoms. The molecule has 0 aromatic heterocycles. The Kier molecular flexibility index (Phi) is 5.52. The Morgan fingerprint density at radius 3 is 2.57 bits per heavy atom. The van der Waals surface area contributed by atoms with Gasteiger partial charge in [-0.1, -0.05) is 30.3 Å². The molecule has 3 aromatic carbocycles. The number of fused-ring (bicyclic) bond motifs is 1. The van der Waals surface area contributed by atoms with E-state index in [2.05, 4.69) is 0 Å². The van der Waals surface area contributed by atoms with Crippen LogP contribution in [0.5, 0.6) is 5.75 Å². The van der Waals surface area contributed by atoms with E-state index < -0.39 is 0 Å². The zero-order chi connectivity index (χ0) is 21.1. The van der Waals surface area contributed by atoms with E-state index in [1.807, 2.05) is 41.4 Å². The van der Waals surface area contributed by atoms with Gasteiger partial charge >= 0.3 is 0 Å². The maximum Gasteiger partial charge on any atom is 0.277 e. The summed E-state index contributed by atoms with van der Waals surface area (Å²) in [4.78, 5) is 24.3. The van der Waals surface area contributed by atoms with Gasteiger partial charge in [0.05, 0.1) is 29.5 Å². The zero-order valence-corrected chi connectivity index (χ0v) is 16.8. The van der Waals surface area contributed by atoms with Crippen LogP contribution in [0.15, 0.2) is 60.7 Å². The molecule has 1 saturated heterocycles. The highest BCUT2D eigenvalue weighted by molar-refractivity contribution is 6.00. The van der Waals surface area contributed by atoms with Crippen molar-refractivity contribution in [3.63, 3.8) is 0 Å².